The van der Waals surface area contributed by atoms with Gasteiger partial charge in [0.1, 0.15) is 0 Å². The minimum atomic E-state index is -1.33. The van der Waals surface area contributed by atoms with Gasteiger partial charge in [-0.05, 0) is 45.1 Å². The fourth-order valence-corrected chi connectivity index (χ4v) is 2.43. The molecule has 0 fully saturated rings. The van der Waals surface area contributed by atoms with E-state index in [4.69, 9.17) is 9.47 Å². The quantitative estimate of drug-likeness (QED) is 0.404. The molecule has 0 N–H and O–H groups in total. The van der Waals surface area contributed by atoms with Crippen molar-refractivity contribution in [3.05, 3.63) is 24.3 Å². The van der Waals surface area contributed by atoms with Crippen molar-refractivity contribution in [3.8, 4) is 0 Å². The monoisotopic (exact) mass is 266 g/mol. The first-order chi connectivity index (χ1) is 9.13. The molecule has 4 nitrogen and oxygen atoms in total. The summed E-state index contributed by atoms with van der Waals surface area (Å²) in [5.41, 5.74) is -0.520. The summed E-state index contributed by atoms with van der Waals surface area (Å²) in [6.45, 7) is 7.59. The number of ether oxygens (including phenoxy) is 2. The van der Waals surface area contributed by atoms with Gasteiger partial charge in [0.2, 0.25) is 0 Å². The minimum absolute atomic E-state index is 0.219. The highest BCUT2D eigenvalue weighted by Gasteiger charge is 2.51. The van der Waals surface area contributed by atoms with Crippen LogP contribution in [0.5, 0.6) is 0 Å². The molecule has 1 rings (SSSR count). The van der Waals surface area contributed by atoms with E-state index >= 15 is 0 Å². The summed E-state index contributed by atoms with van der Waals surface area (Å²) in [6.07, 6.45) is 6.31. The zero-order chi connectivity index (χ0) is 14.3. The third-order valence-electron chi connectivity index (χ3n) is 3.29. The summed E-state index contributed by atoms with van der Waals surface area (Å²) in [7, 11) is 0. The number of hydrogen-bond donors (Lipinski definition) is 0. The Morgan fingerprint density at radius 2 is 1.89 bits per heavy atom. The highest BCUT2D eigenvalue weighted by Crippen LogP contribution is 2.41. The van der Waals surface area contributed by atoms with Gasteiger partial charge < -0.3 is 9.47 Å². The van der Waals surface area contributed by atoms with Gasteiger partial charge in [0.05, 0.1) is 13.2 Å². The summed E-state index contributed by atoms with van der Waals surface area (Å²) in [5.74, 6) is -1.05. The van der Waals surface area contributed by atoms with Crippen LogP contribution in [0.1, 0.15) is 39.5 Å². The Kier molecular flexibility index (Phi) is 5.80. The number of rotatable bonds is 7. The van der Waals surface area contributed by atoms with Gasteiger partial charge in [-0.3, -0.25) is 9.59 Å². The maximum absolute atomic E-state index is 12.3. The summed E-state index contributed by atoms with van der Waals surface area (Å²) < 4.78 is 10.2. The zero-order valence-corrected chi connectivity index (χ0v) is 11.7. The molecule has 0 aromatic carbocycles. The molecule has 1 aliphatic carbocycles. The number of allylic oxidation sites excluding steroid dienone is 2. The number of esters is 2. The smallest absolute Gasteiger partial charge is 0.328 e. The Bertz CT molecular complexity index is 364. The van der Waals surface area contributed by atoms with Crippen LogP contribution in [0.15, 0.2) is 24.3 Å². The second-order valence-corrected chi connectivity index (χ2v) is 4.46. The van der Waals surface area contributed by atoms with Crippen molar-refractivity contribution in [2.24, 2.45) is 5.41 Å². The molecule has 106 valence electrons. The number of hydrogen-bond acceptors (Lipinski definition) is 4. The van der Waals surface area contributed by atoms with Gasteiger partial charge in [-0.2, -0.15) is 0 Å². The third kappa shape index (κ3) is 3.06. The van der Waals surface area contributed by atoms with E-state index in [0.717, 1.165) is 24.8 Å². The standard InChI is InChI=1S/C15H22O4/c1-4-11-15(13(16)18-5-2,14(17)19-6-3)12-9-7-8-10-12/h4,9H,1,5-8,10-11H2,2-3H3. The van der Waals surface area contributed by atoms with E-state index in [1.165, 1.54) is 0 Å². The molecule has 0 atom stereocenters. The Labute approximate surface area is 114 Å². The van der Waals surface area contributed by atoms with Gasteiger partial charge in [-0.15, -0.1) is 6.58 Å². The lowest BCUT2D eigenvalue weighted by atomic mass is 9.76. The predicted octanol–water partition coefficient (Wildman–Crippen LogP) is 2.79. The lowest BCUT2D eigenvalue weighted by molar-refractivity contribution is -0.168. The molecule has 0 aromatic rings. The molecule has 0 saturated heterocycles. The van der Waals surface area contributed by atoms with Crippen molar-refractivity contribution in [3.63, 3.8) is 0 Å². The summed E-state index contributed by atoms with van der Waals surface area (Å²) in [4.78, 5) is 24.7. The summed E-state index contributed by atoms with van der Waals surface area (Å²) in [5, 5.41) is 0. The summed E-state index contributed by atoms with van der Waals surface area (Å²) in [6, 6.07) is 0. The average molecular weight is 266 g/mol. The number of carbonyl (C=O) groups excluding carboxylic acids is 2. The van der Waals surface area contributed by atoms with Gasteiger partial charge in [0.15, 0.2) is 5.41 Å². The van der Waals surface area contributed by atoms with Gasteiger partial charge in [0.25, 0.3) is 0 Å². The Balaban J connectivity index is 3.19. The zero-order valence-electron chi connectivity index (χ0n) is 11.7. The van der Waals surface area contributed by atoms with Gasteiger partial charge >= 0.3 is 11.9 Å². The minimum Gasteiger partial charge on any atom is -0.465 e. The summed E-state index contributed by atoms with van der Waals surface area (Å²) >= 11 is 0. The fraction of sp³-hybridized carbons (Fsp3) is 0.600. The SMILES string of the molecule is C=CCC(C(=O)OCC)(C(=O)OCC)C1=CCCC1. The molecule has 0 spiro atoms. The maximum Gasteiger partial charge on any atom is 0.328 e. The molecular weight excluding hydrogens is 244 g/mol. The normalized spacial score (nSPS) is 14.7. The van der Waals surface area contributed by atoms with Gasteiger partial charge in [-0.25, -0.2) is 0 Å². The van der Waals surface area contributed by atoms with Crippen LogP contribution in [-0.4, -0.2) is 25.2 Å². The molecule has 0 heterocycles. The molecular formula is C15H22O4. The van der Waals surface area contributed by atoms with E-state index in [0.29, 0.717) is 0 Å². The highest BCUT2D eigenvalue weighted by atomic mass is 16.6. The highest BCUT2D eigenvalue weighted by molar-refractivity contribution is 6.03. The van der Waals surface area contributed by atoms with E-state index < -0.39 is 17.4 Å². The van der Waals surface area contributed by atoms with Crippen LogP contribution in [0.4, 0.5) is 0 Å². The van der Waals surface area contributed by atoms with E-state index in [1.807, 2.05) is 6.08 Å². The first kappa shape index (κ1) is 15.5. The van der Waals surface area contributed by atoms with Crippen LogP contribution in [0.25, 0.3) is 0 Å². The molecule has 0 aliphatic heterocycles. The lowest BCUT2D eigenvalue weighted by Gasteiger charge is -2.29. The van der Waals surface area contributed by atoms with Crippen LogP contribution < -0.4 is 0 Å². The predicted molar refractivity (Wildman–Crippen MR) is 72.4 cm³/mol. The molecule has 0 bridgehead atoms. The van der Waals surface area contributed by atoms with Crippen molar-refractivity contribution in [2.75, 3.05) is 13.2 Å². The Morgan fingerprint density at radius 3 is 2.26 bits per heavy atom. The van der Waals surface area contributed by atoms with Crippen molar-refractivity contribution in [1.29, 1.82) is 0 Å². The van der Waals surface area contributed by atoms with Crippen LogP contribution in [0.3, 0.4) is 0 Å². The van der Waals surface area contributed by atoms with Crippen molar-refractivity contribution >= 4 is 11.9 Å². The van der Waals surface area contributed by atoms with Crippen LogP contribution in [0, 0.1) is 5.41 Å². The molecule has 0 aromatic heterocycles. The fourth-order valence-electron chi connectivity index (χ4n) is 2.43. The molecule has 19 heavy (non-hydrogen) atoms. The van der Waals surface area contributed by atoms with E-state index in [1.54, 1.807) is 19.9 Å². The van der Waals surface area contributed by atoms with Crippen molar-refractivity contribution in [2.45, 2.75) is 39.5 Å². The molecule has 0 radical (unpaired) electrons. The van der Waals surface area contributed by atoms with Crippen molar-refractivity contribution in [1.82, 2.24) is 0 Å². The van der Waals surface area contributed by atoms with Crippen molar-refractivity contribution < 1.29 is 19.1 Å². The van der Waals surface area contributed by atoms with Gasteiger partial charge in [-0.1, -0.05) is 12.2 Å². The second-order valence-electron chi connectivity index (χ2n) is 4.46. The largest absolute Gasteiger partial charge is 0.465 e. The second kappa shape index (κ2) is 7.12. The Morgan fingerprint density at radius 1 is 1.32 bits per heavy atom. The first-order valence-electron chi connectivity index (χ1n) is 6.78. The number of carbonyl (C=O) groups is 2. The third-order valence-corrected chi connectivity index (χ3v) is 3.29. The van der Waals surface area contributed by atoms with Gasteiger partial charge in [0, 0.05) is 0 Å². The molecule has 1 aliphatic rings. The molecule has 0 unspecified atom stereocenters. The van der Waals surface area contributed by atoms with E-state index in [2.05, 4.69) is 6.58 Å². The first-order valence-corrected chi connectivity index (χ1v) is 6.78. The topological polar surface area (TPSA) is 52.6 Å². The average Bonchev–Trinajstić information content (AvgIpc) is 2.90. The van der Waals surface area contributed by atoms with E-state index in [9.17, 15) is 9.59 Å². The Hall–Kier alpha value is -1.58. The van der Waals surface area contributed by atoms with Crippen LogP contribution in [-0.2, 0) is 19.1 Å². The molecule has 0 saturated carbocycles. The maximum atomic E-state index is 12.3. The van der Waals surface area contributed by atoms with E-state index in [-0.39, 0.29) is 19.6 Å². The molecule has 0 amide bonds. The van der Waals surface area contributed by atoms with Crippen LogP contribution in [0.2, 0.25) is 0 Å². The lowest BCUT2D eigenvalue weighted by Crippen LogP contribution is -2.43. The molecule has 4 heteroatoms. The van der Waals surface area contributed by atoms with Crippen LogP contribution >= 0.6 is 0 Å².